The van der Waals surface area contributed by atoms with E-state index in [1.54, 1.807) is 6.07 Å². The van der Waals surface area contributed by atoms with Crippen LogP contribution in [0.25, 0.3) is 0 Å². The van der Waals surface area contributed by atoms with E-state index < -0.39 is 5.97 Å². The second kappa shape index (κ2) is 8.02. The van der Waals surface area contributed by atoms with Crippen molar-refractivity contribution in [3.63, 3.8) is 0 Å². The third kappa shape index (κ3) is 5.09. The Morgan fingerprint density at radius 1 is 1.37 bits per heavy atom. The maximum absolute atomic E-state index is 11.8. The number of esters is 1. The molecule has 1 aromatic carbocycles. The lowest BCUT2D eigenvalue weighted by Crippen LogP contribution is -2.13. The molecule has 0 aliphatic rings. The summed E-state index contributed by atoms with van der Waals surface area (Å²) in [5, 5.41) is 2.83. The van der Waals surface area contributed by atoms with Crippen LogP contribution in [0.2, 0.25) is 5.02 Å². The number of ether oxygens (including phenoxy) is 1. The molecule has 0 atom stereocenters. The molecule has 0 saturated carbocycles. The number of nitrogens with one attached hydrogen (secondary N) is 1. The molecule has 4 nitrogen and oxygen atoms in total. The molecule has 0 radical (unpaired) electrons. The molecule has 19 heavy (non-hydrogen) atoms. The van der Waals surface area contributed by atoms with Crippen molar-refractivity contribution < 1.29 is 14.3 Å². The van der Waals surface area contributed by atoms with Crippen molar-refractivity contribution in [2.75, 3.05) is 17.8 Å². The smallest absolute Gasteiger partial charge is 0.339 e. The van der Waals surface area contributed by atoms with E-state index >= 15 is 0 Å². The van der Waals surface area contributed by atoms with E-state index in [1.165, 1.54) is 12.1 Å². The summed E-state index contributed by atoms with van der Waals surface area (Å²) in [4.78, 5) is 23.0. The number of alkyl halides is 1. The maximum atomic E-state index is 11.8. The fourth-order valence-electron chi connectivity index (χ4n) is 1.34. The zero-order valence-corrected chi connectivity index (χ0v) is 12.1. The molecular weight excluding hydrogens is 289 g/mol. The molecule has 0 aliphatic carbocycles. The fourth-order valence-corrected chi connectivity index (χ4v) is 1.60. The van der Waals surface area contributed by atoms with Gasteiger partial charge in [0.15, 0.2) is 0 Å². The molecule has 0 aliphatic heterocycles. The minimum atomic E-state index is -0.500. The number of hydrogen-bond acceptors (Lipinski definition) is 3. The average molecular weight is 304 g/mol. The Hall–Kier alpha value is -1.26. The highest BCUT2D eigenvalue weighted by molar-refractivity contribution is 6.33. The van der Waals surface area contributed by atoms with Crippen molar-refractivity contribution in [2.45, 2.75) is 19.8 Å². The van der Waals surface area contributed by atoms with Crippen LogP contribution in [0.3, 0.4) is 0 Å². The van der Waals surface area contributed by atoms with E-state index in [-0.39, 0.29) is 22.4 Å². The standard InChI is InChI=1S/C13H15Cl2NO3/c1-2-3-6-19-13(18)10-7-9(4-5-11(10)15)16-12(17)8-14/h4-5,7H,2-3,6,8H2,1H3,(H,16,17). The van der Waals surface area contributed by atoms with Crippen molar-refractivity contribution in [3.8, 4) is 0 Å². The van der Waals surface area contributed by atoms with Gasteiger partial charge in [-0.1, -0.05) is 24.9 Å². The molecule has 6 heteroatoms. The number of benzene rings is 1. The lowest BCUT2D eigenvalue weighted by Gasteiger charge is -2.08. The molecule has 1 N–H and O–H groups in total. The van der Waals surface area contributed by atoms with Crippen molar-refractivity contribution >= 4 is 40.8 Å². The van der Waals surface area contributed by atoms with Gasteiger partial charge >= 0.3 is 5.97 Å². The summed E-state index contributed by atoms with van der Waals surface area (Å²) in [6.45, 7) is 2.35. The van der Waals surface area contributed by atoms with Crippen molar-refractivity contribution in [1.82, 2.24) is 0 Å². The molecule has 0 unspecified atom stereocenters. The van der Waals surface area contributed by atoms with Gasteiger partial charge in [-0.3, -0.25) is 4.79 Å². The first kappa shape index (κ1) is 15.8. The summed E-state index contributed by atoms with van der Waals surface area (Å²) in [5.41, 5.74) is 0.683. The highest BCUT2D eigenvalue weighted by Gasteiger charge is 2.13. The number of carbonyl (C=O) groups excluding carboxylic acids is 2. The largest absolute Gasteiger partial charge is 0.462 e. The Kier molecular flexibility index (Phi) is 6.67. The topological polar surface area (TPSA) is 55.4 Å². The van der Waals surface area contributed by atoms with Crippen LogP contribution in [0.5, 0.6) is 0 Å². The van der Waals surface area contributed by atoms with Crippen LogP contribution in [0, 0.1) is 0 Å². The number of amides is 1. The number of hydrogen-bond donors (Lipinski definition) is 1. The predicted octanol–water partition coefficient (Wildman–Crippen LogP) is 3.47. The number of unbranched alkanes of at least 4 members (excludes halogenated alkanes) is 1. The Balaban J connectivity index is 2.78. The van der Waals surface area contributed by atoms with E-state index in [4.69, 9.17) is 27.9 Å². The fraction of sp³-hybridized carbons (Fsp3) is 0.385. The third-order valence-electron chi connectivity index (χ3n) is 2.32. The van der Waals surface area contributed by atoms with Gasteiger partial charge in [-0.2, -0.15) is 0 Å². The Morgan fingerprint density at radius 3 is 2.74 bits per heavy atom. The molecule has 0 aromatic heterocycles. The lowest BCUT2D eigenvalue weighted by molar-refractivity contribution is -0.113. The summed E-state index contributed by atoms with van der Waals surface area (Å²) < 4.78 is 5.07. The minimum Gasteiger partial charge on any atom is -0.462 e. The number of carbonyl (C=O) groups is 2. The van der Waals surface area contributed by atoms with Gasteiger partial charge in [0, 0.05) is 5.69 Å². The molecule has 1 aromatic rings. The normalized spacial score (nSPS) is 10.1. The van der Waals surface area contributed by atoms with Crippen LogP contribution in [0.15, 0.2) is 18.2 Å². The number of anilines is 1. The lowest BCUT2D eigenvalue weighted by atomic mass is 10.2. The Labute approximate surface area is 122 Å². The van der Waals surface area contributed by atoms with Crippen LogP contribution in [-0.4, -0.2) is 24.4 Å². The zero-order valence-electron chi connectivity index (χ0n) is 10.5. The van der Waals surface area contributed by atoms with E-state index in [2.05, 4.69) is 5.32 Å². The predicted molar refractivity (Wildman–Crippen MR) is 76.0 cm³/mol. The quantitative estimate of drug-likeness (QED) is 0.497. The van der Waals surface area contributed by atoms with Crippen LogP contribution < -0.4 is 5.32 Å². The van der Waals surface area contributed by atoms with Gasteiger partial charge in [0.25, 0.3) is 0 Å². The van der Waals surface area contributed by atoms with Crippen LogP contribution in [0.1, 0.15) is 30.1 Å². The first-order valence-electron chi connectivity index (χ1n) is 5.91. The number of rotatable bonds is 6. The van der Waals surface area contributed by atoms with Crippen molar-refractivity contribution in [3.05, 3.63) is 28.8 Å². The molecule has 1 rings (SSSR count). The van der Waals surface area contributed by atoms with Crippen molar-refractivity contribution in [2.24, 2.45) is 0 Å². The second-order valence-electron chi connectivity index (χ2n) is 3.87. The molecule has 0 fully saturated rings. The summed E-state index contributed by atoms with van der Waals surface area (Å²) in [6, 6.07) is 4.60. The SMILES string of the molecule is CCCCOC(=O)c1cc(NC(=O)CCl)ccc1Cl. The Morgan fingerprint density at radius 2 is 2.11 bits per heavy atom. The summed E-state index contributed by atoms with van der Waals surface area (Å²) in [6.07, 6.45) is 1.73. The first-order valence-corrected chi connectivity index (χ1v) is 6.82. The monoisotopic (exact) mass is 303 g/mol. The molecule has 0 saturated heterocycles. The van der Waals surface area contributed by atoms with E-state index in [9.17, 15) is 9.59 Å². The average Bonchev–Trinajstić information content (AvgIpc) is 2.41. The molecule has 0 spiro atoms. The first-order chi connectivity index (χ1) is 9.08. The summed E-state index contributed by atoms with van der Waals surface area (Å²) in [5.74, 6) is -1.01. The van der Waals surface area contributed by atoms with E-state index in [1.807, 2.05) is 6.92 Å². The molecule has 104 valence electrons. The summed E-state index contributed by atoms with van der Waals surface area (Å²) >= 11 is 11.3. The van der Waals surface area contributed by atoms with Gasteiger partial charge in [0.05, 0.1) is 17.2 Å². The molecule has 0 heterocycles. The van der Waals surface area contributed by atoms with E-state index in [0.717, 1.165) is 12.8 Å². The molecular formula is C13H15Cl2NO3. The highest BCUT2D eigenvalue weighted by atomic mass is 35.5. The van der Waals surface area contributed by atoms with E-state index in [0.29, 0.717) is 12.3 Å². The van der Waals surface area contributed by atoms with Gasteiger partial charge in [-0.25, -0.2) is 4.79 Å². The van der Waals surface area contributed by atoms with Gasteiger partial charge in [0.2, 0.25) is 5.91 Å². The van der Waals surface area contributed by atoms with Gasteiger partial charge in [0.1, 0.15) is 5.88 Å². The maximum Gasteiger partial charge on any atom is 0.339 e. The van der Waals surface area contributed by atoms with Crippen LogP contribution >= 0.6 is 23.2 Å². The van der Waals surface area contributed by atoms with Crippen LogP contribution in [0.4, 0.5) is 5.69 Å². The zero-order chi connectivity index (χ0) is 14.3. The third-order valence-corrected chi connectivity index (χ3v) is 2.89. The van der Waals surface area contributed by atoms with Crippen LogP contribution in [-0.2, 0) is 9.53 Å². The second-order valence-corrected chi connectivity index (χ2v) is 4.54. The molecule has 1 amide bonds. The van der Waals surface area contributed by atoms with Gasteiger partial charge < -0.3 is 10.1 Å². The number of halogens is 2. The van der Waals surface area contributed by atoms with Gasteiger partial charge in [-0.15, -0.1) is 11.6 Å². The Bertz CT molecular complexity index is 463. The molecule has 0 bridgehead atoms. The summed E-state index contributed by atoms with van der Waals surface area (Å²) in [7, 11) is 0. The highest BCUT2D eigenvalue weighted by Crippen LogP contribution is 2.21. The van der Waals surface area contributed by atoms with Crippen molar-refractivity contribution in [1.29, 1.82) is 0 Å². The minimum absolute atomic E-state index is 0.154. The van der Waals surface area contributed by atoms with Gasteiger partial charge in [-0.05, 0) is 24.6 Å².